The van der Waals surface area contributed by atoms with Crippen LogP contribution in [0.15, 0.2) is 0 Å². The van der Waals surface area contributed by atoms with Gasteiger partial charge in [-0.05, 0) is 40.8 Å². The van der Waals surface area contributed by atoms with E-state index in [2.05, 4.69) is 10.2 Å². The highest BCUT2D eigenvalue weighted by Crippen LogP contribution is 2.20. The van der Waals surface area contributed by atoms with E-state index < -0.39 is 11.7 Å². The molecular formula is C14H26N2O4. The molecule has 0 spiro atoms. The van der Waals surface area contributed by atoms with Gasteiger partial charge in [-0.25, -0.2) is 4.79 Å². The highest BCUT2D eigenvalue weighted by Gasteiger charge is 2.32. The minimum absolute atomic E-state index is 0.0497. The minimum Gasteiger partial charge on any atom is -0.469 e. The average molecular weight is 286 g/mol. The van der Waals surface area contributed by atoms with Crippen molar-refractivity contribution in [2.45, 2.75) is 45.3 Å². The first-order valence-electron chi connectivity index (χ1n) is 6.96. The summed E-state index contributed by atoms with van der Waals surface area (Å²) in [5.74, 6) is -0.199. The summed E-state index contributed by atoms with van der Waals surface area (Å²) in [4.78, 5) is 25.5. The number of hydrogen-bond acceptors (Lipinski definition) is 5. The highest BCUT2D eigenvalue weighted by atomic mass is 16.6. The summed E-state index contributed by atoms with van der Waals surface area (Å²) in [6.07, 6.45) is 0.681. The molecule has 0 radical (unpaired) electrons. The van der Waals surface area contributed by atoms with Crippen LogP contribution in [0.5, 0.6) is 0 Å². The Kier molecular flexibility index (Phi) is 5.80. The van der Waals surface area contributed by atoms with Gasteiger partial charge < -0.3 is 19.7 Å². The number of methoxy groups -OCH3 is 1. The summed E-state index contributed by atoms with van der Waals surface area (Å²) in [6, 6.07) is -0.0554. The number of carbonyl (C=O) groups is 2. The van der Waals surface area contributed by atoms with Gasteiger partial charge >= 0.3 is 12.1 Å². The van der Waals surface area contributed by atoms with Gasteiger partial charge in [-0.2, -0.15) is 0 Å². The number of nitrogens with one attached hydrogen (secondary N) is 1. The van der Waals surface area contributed by atoms with Gasteiger partial charge in [0.1, 0.15) is 5.60 Å². The van der Waals surface area contributed by atoms with Gasteiger partial charge in [-0.1, -0.05) is 0 Å². The van der Waals surface area contributed by atoms with Crippen LogP contribution in [0.25, 0.3) is 0 Å². The molecule has 1 saturated heterocycles. The molecule has 1 N–H and O–H groups in total. The Bertz CT molecular complexity index is 352. The van der Waals surface area contributed by atoms with Crippen LogP contribution in [0, 0.1) is 5.92 Å². The number of piperidine rings is 1. The molecule has 0 aromatic heterocycles. The molecule has 0 bridgehead atoms. The number of esters is 1. The monoisotopic (exact) mass is 286 g/mol. The van der Waals surface area contributed by atoms with Gasteiger partial charge in [0.15, 0.2) is 0 Å². The fraction of sp³-hybridized carbons (Fsp3) is 0.857. The number of amides is 1. The van der Waals surface area contributed by atoms with Crippen molar-refractivity contribution in [3.63, 3.8) is 0 Å². The van der Waals surface area contributed by atoms with Crippen molar-refractivity contribution in [3.05, 3.63) is 0 Å². The second-order valence-electron chi connectivity index (χ2n) is 6.34. The zero-order chi connectivity index (χ0) is 15.3. The third-order valence-corrected chi connectivity index (χ3v) is 3.30. The van der Waals surface area contributed by atoms with Crippen molar-refractivity contribution in [2.75, 3.05) is 27.2 Å². The van der Waals surface area contributed by atoms with Crippen molar-refractivity contribution in [2.24, 2.45) is 5.92 Å². The first-order valence-corrected chi connectivity index (χ1v) is 6.96. The summed E-state index contributed by atoms with van der Waals surface area (Å²) in [7, 11) is 3.39. The molecule has 6 nitrogen and oxygen atoms in total. The predicted molar refractivity (Wildman–Crippen MR) is 75.4 cm³/mol. The van der Waals surface area contributed by atoms with E-state index in [0.717, 1.165) is 19.5 Å². The van der Waals surface area contributed by atoms with Crippen molar-refractivity contribution in [3.8, 4) is 0 Å². The van der Waals surface area contributed by atoms with Crippen molar-refractivity contribution in [1.82, 2.24) is 10.2 Å². The summed E-state index contributed by atoms with van der Waals surface area (Å²) in [5, 5.41) is 2.88. The molecular weight excluding hydrogens is 260 g/mol. The van der Waals surface area contributed by atoms with E-state index in [1.807, 2.05) is 27.8 Å². The average Bonchev–Trinajstić information content (AvgIpc) is 2.30. The predicted octanol–water partition coefficient (Wildman–Crippen LogP) is 1.39. The number of nitrogens with zero attached hydrogens (tertiary/aromatic N) is 1. The Morgan fingerprint density at radius 1 is 1.35 bits per heavy atom. The third-order valence-electron chi connectivity index (χ3n) is 3.30. The lowest BCUT2D eigenvalue weighted by atomic mass is 9.89. The lowest BCUT2D eigenvalue weighted by Gasteiger charge is -2.36. The van der Waals surface area contributed by atoms with Crippen LogP contribution in [0.1, 0.15) is 33.6 Å². The van der Waals surface area contributed by atoms with Gasteiger partial charge in [0.25, 0.3) is 0 Å². The zero-order valence-electron chi connectivity index (χ0n) is 13.1. The van der Waals surface area contributed by atoms with E-state index in [9.17, 15) is 9.59 Å². The van der Waals surface area contributed by atoms with Crippen LogP contribution in [0.4, 0.5) is 4.79 Å². The molecule has 20 heavy (non-hydrogen) atoms. The summed E-state index contributed by atoms with van der Waals surface area (Å²) in [6.45, 7) is 7.13. The van der Waals surface area contributed by atoms with Gasteiger partial charge in [-0.3, -0.25) is 4.79 Å². The number of rotatable bonds is 3. The zero-order valence-corrected chi connectivity index (χ0v) is 13.1. The Labute approximate surface area is 120 Å². The van der Waals surface area contributed by atoms with Crippen LogP contribution >= 0.6 is 0 Å². The topological polar surface area (TPSA) is 67.9 Å². The van der Waals surface area contributed by atoms with Crippen molar-refractivity contribution in [1.29, 1.82) is 0 Å². The highest BCUT2D eigenvalue weighted by molar-refractivity contribution is 5.70. The first-order chi connectivity index (χ1) is 9.21. The Balaban J connectivity index is 2.60. The maximum absolute atomic E-state index is 11.8. The number of ether oxygens (including phenoxy) is 2. The van der Waals surface area contributed by atoms with Crippen molar-refractivity contribution < 1.29 is 19.1 Å². The van der Waals surface area contributed by atoms with E-state index >= 15 is 0 Å². The molecule has 1 amide bonds. The first kappa shape index (κ1) is 16.8. The Hall–Kier alpha value is -1.30. The second-order valence-corrected chi connectivity index (χ2v) is 6.34. The fourth-order valence-corrected chi connectivity index (χ4v) is 2.37. The molecule has 1 aliphatic heterocycles. The van der Waals surface area contributed by atoms with Gasteiger partial charge in [0.2, 0.25) is 0 Å². The SMILES string of the molecule is COC(=O)C[C@H]1CN(C)CC[C@H]1NC(=O)OC(C)(C)C. The summed E-state index contributed by atoms with van der Waals surface area (Å²) < 4.78 is 9.99. The normalized spacial score (nSPS) is 24.1. The van der Waals surface area contributed by atoms with Gasteiger partial charge in [-0.15, -0.1) is 0 Å². The summed E-state index contributed by atoms with van der Waals surface area (Å²) >= 11 is 0. The van der Waals surface area contributed by atoms with E-state index in [1.54, 1.807) is 0 Å². The van der Waals surface area contributed by atoms with E-state index in [4.69, 9.17) is 9.47 Å². The van der Waals surface area contributed by atoms with Crippen LogP contribution in [-0.2, 0) is 14.3 Å². The van der Waals surface area contributed by atoms with Crippen LogP contribution in [0.3, 0.4) is 0 Å². The molecule has 1 rings (SSSR count). The second kappa shape index (κ2) is 6.92. The fourth-order valence-electron chi connectivity index (χ4n) is 2.37. The number of carbonyl (C=O) groups excluding carboxylic acids is 2. The number of hydrogen-bond donors (Lipinski definition) is 1. The maximum atomic E-state index is 11.8. The van der Waals surface area contributed by atoms with E-state index in [-0.39, 0.29) is 17.9 Å². The number of alkyl carbamates (subject to hydrolysis) is 1. The molecule has 6 heteroatoms. The van der Waals surface area contributed by atoms with Gasteiger partial charge in [0, 0.05) is 18.5 Å². The van der Waals surface area contributed by atoms with Crippen LogP contribution in [-0.4, -0.2) is 55.9 Å². The Morgan fingerprint density at radius 3 is 2.55 bits per heavy atom. The molecule has 1 heterocycles. The molecule has 116 valence electrons. The standard InChI is InChI=1S/C14H26N2O4/c1-14(2,3)20-13(18)15-11-6-7-16(4)9-10(11)8-12(17)19-5/h10-11H,6-9H2,1-5H3,(H,15,18)/t10-,11+/m0/s1. The third kappa shape index (κ3) is 5.77. The largest absolute Gasteiger partial charge is 0.469 e. The molecule has 0 unspecified atom stereocenters. The van der Waals surface area contributed by atoms with Crippen LogP contribution in [0.2, 0.25) is 0 Å². The lowest BCUT2D eigenvalue weighted by molar-refractivity contribution is -0.142. The Morgan fingerprint density at radius 2 is 2.00 bits per heavy atom. The molecule has 0 aromatic rings. The maximum Gasteiger partial charge on any atom is 0.407 e. The molecule has 2 atom stereocenters. The molecule has 1 aliphatic rings. The van der Waals surface area contributed by atoms with Crippen LogP contribution < -0.4 is 5.32 Å². The minimum atomic E-state index is -0.520. The van der Waals surface area contributed by atoms with E-state index in [1.165, 1.54) is 7.11 Å². The van der Waals surface area contributed by atoms with Gasteiger partial charge in [0.05, 0.1) is 13.5 Å². The molecule has 0 aromatic carbocycles. The van der Waals surface area contributed by atoms with E-state index in [0.29, 0.717) is 6.42 Å². The molecule has 1 fully saturated rings. The molecule has 0 aliphatic carbocycles. The van der Waals surface area contributed by atoms with Crippen molar-refractivity contribution >= 4 is 12.1 Å². The number of likely N-dealkylation sites (tertiary alicyclic amines) is 1. The smallest absolute Gasteiger partial charge is 0.407 e. The summed E-state index contributed by atoms with van der Waals surface area (Å²) in [5.41, 5.74) is -0.520. The molecule has 0 saturated carbocycles. The lowest BCUT2D eigenvalue weighted by Crippen LogP contribution is -2.51. The quantitative estimate of drug-likeness (QED) is 0.794.